The molecule has 0 aromatic heterocycles. The molecule has 2 fully saturated rings. The lowest BCUT2D eigenvalue weighted by atomic mass is 9.80. The Labute approximate surface area is 463 Å². The Hall–Kier alpha value is -3.60. The maximum Gasteiger partial charge on any atom is 0.233 e. The molecule has 12 nitrogen and oxygen atoms in total. The number of benzene rings is 4. The second-order valence-corrected chi connectivity index (χ2v) is 24.3. The summed E-state index contributed by atoms with van der Waals surface area (Å²) in [6.45, 7) is 29.4. The zero-order chi connectivity index (χ0) is 56.1. The highest BCUT2D eigenvalue weighted by atomic mass is 17.3. The fraction of sp³-hybridized carbons (Fsp3) is 0.631. The van der Waals surface area contributed by atoms with Crippen molar-refractivity contribution in [2.24, 2.45) is 0 Å². The highest BCUT2D eigenvalue weighted by molar-refractivity contribution is 5.22. The van der Waals surface area contributed by atoms with E-state index in [2.05, 4.69) is 166 Å². The van der Waals surface area contributed by atoms with Gasteiger partial charge in [0.25, 0.3) is 0 Å². The van der Waals surface area contributed by atoms with E-state index in [-0.39, 0.29) is 24.4 Å². The molecule has 2 aliphatic rings. The Morgan fingerprint density at radius 1 is 0.377 bits per heavy atom. The fourth-order valence-electron chi connectivity index (χ4n) is 12.1. The zero-order valence-corrected chi connectivity index (χ0v) is 49.5. The molecule has 2 saturated heterocycles. The molecule has 6 rings (SSSR count). The summed E-state index contributed by atoms with van der Waals surface area (Å²) in [6, 6.07) is 41.4. The van der Waals surface area contributed by atoms with E-state index in [1.165, 1.54) is 0 Å². The lowest BCUT2D eigenvalue weighted by Gasteiger charge is -2.53. The van der Waals surface area contributed by atoms with Crippen molar-refractivity contribution in [1.82, 2.24) is 10.1 Å². The molecule has 4 aromatic carbocycles. The number of aliphatic hydroxyl groups is 2. The molecule has 0 radical (unpaired) electrons. The first-order valence-corrected chi connectivity index (χ1v) is 29.1. The molecule has 77 heavy (non-hydrogen) atoms. The van der Waals surface area contributed by atoms with Gasteiger partial charge in [-0.2, -0.15) is 29.7 Å². The van der Waals surface area contributed by atoms with Crippen molar-refractivity contribution in [2.75, 3.05) is 0 Å². The second kappa shape index (κ2) is 27.2. The Bertz CT molecular complexity index is 2110. The first-order chi connectivity index (χ1) is 36.5. The van der Waals surface area contributed by atoms with Gasteiger partial charge in [-0.1, -0.05) is 163 Å². The van der Waals surface area contributed by atoms with Crippen LogP contribution in [0.15, 0.2) is 121 Å². The number of piperidine rings is 2. The molecule has 0 bridgehead atoms. The molecule has 2 heterocycles. The Morgan fingerprint density at radius 3 is 0.844 bits per heavy atom. The van der Waals surface area contributed by atoms with E-state index in [9.17, 15) is 10.2 Å². The summed E-state index contributed by atoms with van der Waals surface area (Å²) in [5.41, 5.74) is 2.60. The number of rotatable bonds is 30. The molecule has 4 aromatic rings. The molecule has 0 spiro atoms. The van der Waals surface area contributed by atoms with Gasteiger partial charge in [0.2, 0.25) is 17.4 Å². The van der Waals surface area contributed by atoms with Crippen LogP contribution in [0.25, 0.3) is 0 Å². The van der Waals surface area contributed by atoms with Gasteiger partial charge in [0.05, 0.1) is 24.4 Å². The molecule has 428 valence electrons. The van der Waals surface area contributed by atoms with Crippen LogP contribution in [0.3, 0.4) is 0 Å². The highest BCUT2D eigenvalue weighted by Crippen LogP contribution is 2.46. The lowest BCUT2D eigenvalue weighted by molar-refractivity contribution is -0.583. The number of hydroxylamine groups is 4. The normalized spacial score (nSPS) is 20.2. The van der Waals surface area contributed by atoms with Crippen LogP contribution in [0.5, 0.6) is 0 Å². The van der Waals surface area contributed by atoms with Crippen molar-refractivity contribution in [3.8, 4) is 0 Å². The predicted octanol–water partition coefficient (Wildman–Crippen LogP) is 15.9. The van der Waals surface area contributed by atoms with Gasteiger partial charge in [-0.3, -0.25) is 9.68 Å². The van der Waals surface area contributed by atoms with Crippen LogP contribution in [0.4, 0.5) is 0 Å². The van der Waals surface area contributed by atoms with Crippen molar-refractivity contribution >= 4 is 0 Å². The summed E-state index contributed by atoms with van der Waals surface area (Å²) in [7, 11) is 0. The monoisotopic (exact) mass is 1070 g/mol. The van der Waals surface area contributed by atoms with Gasteiger partial charge in [-0.05, 0) is 129 Å². The van der Waals surface area contributed by atoms with Gasteiger partial charge in [0.15, 0.2) is 0 Å². The van der Waals surface area contributed by atoms with E-state index in [0.717, 1.165) is 22.3 Å². The van der Waals surface area contributed by atoms with E-state index in [0.29, 0.717) is 89.9 Å². The van der Waals surface area contributed by atoms with Crippen LogP contribution in [0, 0.1) is 0 Å². The van der Waals surface area contributed by atoms with Crippen molar-refractivity contribution in [3.05, 3.63) is 144 Å². The largest absolute Gasteiger partial charge is 0.393 e. The van der Waals surface area contributed by atoms with E-state index in [1.54, 1.807) is 0 Å². The molecular formula is C65H98N2O10. The fourth-order valence-corrected chi connectivity index (χ4v) is 12.1. The second-order valence-electron chi connectivity index (χ2n) is 24.3. The number of hydrogen-bond donors (Lipinski definition) is 2. The van der Waals surface area contributed by atoms with Gasteiger partial charge in [-0.15, -0.1) is 0 Å². The molecule has 0 amide bonds. The molecule has 4 atom stereocenters. The van der Waals surface area contributed by atoms with Gasteiger partial charge >= 0.3 is 0 Å². The van der Waals surface area contributed by atoms with E-state index >= 15 is 0 Å². The zero-order valence-electron chi connectivity index (χ0n) is 49.5. The van der Waals surface area contributed by atoms with Gasteiger partial charge in [0, 0.05) is 60.7 Å². The average molecular weight is 1070 g/mol. The number of aliphatic hydroxyl groups excluding tert-OH is 2. The van der Waals surface area contributed by atoms with Crippen LogP contribution in [0.1, 0.15) is 233 Å². The van der Waals surface area contributed by atoms with Crippen molar-refractivity contribution in [2.45, 2.75) is 263 Å². The van der Waals surface area contributed by atoms with Crippen LogP contribution >= 0.6 is 0 Å². The van der Waals surface area contributed by atoms with Crippen LogP contribution in [0.2, 0.25) is 0 Å². The quantitative estimate of drug-likeness (QED) is 0.0294. The van der Waals surface area contributed by atoms with Gasteiger partial charge in [-0.25, -0.2) is 0 Å². The van der Waals surface area contributed by atoms with E-state index < -0.39 is 51.7 Å². The van der Waals surface area contributed by atoms with Crippen molar-refractivity contribution in [3.63, 3.8) is 0 Å². The Morgan fingerprint density at radius 2 is 0.597 bits per heavy atom. The molecule has 2 N–H and O–H groups in total. The molecule has 0 aliphatic carbocycles. The van der Waals surface area contributed by atoms with Crippen molar-refractivity contribution < 1.29 is 48.9 Å². The third-order valence-corrected chi connectivity index (χ3v) is 16.3. The summed E-state index contributed by atoms with van der Waals surface area (Å²) >= 11 is 0. The SMILES string of the molecule is CCC(CC)(OOC(CC)(CC)OC(CCC(ON1C(C)(C)CC(O)CC1(C)C)c1ccccc1)c1ccccc1)OOC(CC)(CC)OC(CCC(ON1C(C)(C)CC(O)CC1(C)C)c1ccccc1)c1ccccc1. The average Bonchev–Trinajstić information content (AvgIpc) is 3.41. The predicted molar refractivity (Wildman–Crippen MR) is 304 cm³/mol. The molecule has 4 unspecified atom stereocenters. The molecular weight excluding hydrogens is 969 g/mol. The maximum atomic E-state index is 10.9. The maximum absolute atomic E-state index is 10.9. The third kappa shape index (κ3) is 16.3. The number of hydrogen-bond acceptors (Lipinski definition) is 12. The van der Waals surface area contributed by atoms with Crippen LogP contribution in [-0.4, -0.2) is 72.1 Å². The van der Waals surface area contributed by atoms with E-state index in [4.69, 9.17) is 38.7 Å². The van der Waals surface area contributed by atoms with Crippen LogP contribution < -0.4 is 0 Å². The smallest absolute Gasteiger partial charge is 0.233 e. The first-order valence-electron chi connectivity index (χ1n) is 29.1. The molecule has 0 saturated carbocycles. The summed E-state index contributed by atoms with van der Waals surface area (Å²) in [5.74, 6) is -3.64. The Balaban J connectivity index is 1.21. The van der Waals surface area contributed by atoms with Gasteiger partial charge in [0.1, 0.15) is 12.2 Å². The first kappa shape index (κ1) is 62.6. The minimum absolute atomic E-state index is 0.289. The number of ether oxygens (including phenoxy) is 2. The summed E-state index contributed by atoms with van der Waals surface area (Å²) in [5, 5.41) is 26.0. The van der Waals surface area contributed by atoms with E-state index in [1.807, 2.05) is 62.4 Å². The molecule has 12 heteroatoms. The minimum Gasteiger partial charge on any atom is -0.393 e. The lowest BCUT2D eigenvalue weighted by Crippen LogP contribution is -2.61. The standard InChI is InChI=1S/C65H98N2O10/c1-15-63(16-2,70-55(49-33-25-21-26-34-49)41-43-57(51-37-29-23-30-38-51)72-66-59(7,8)45-53(68)46-60(66,9)10)74-76-65(19-5,20-6)77-75-64(17-3,18-4)71-56(50-35-27-22-28-36-50)42-44-58(52-39-31-24-32-40-52)73-67-61(11,12)47-54(69)48-62(67,13)14/h21-40,53-58,68-69H,15-20,41-48H2,1-14H3. The topological polar surface area (TPSA) is 121 Å². The Kier molecular flexibility index (Phi) is 22.1. The summed E-state index contributed by atoms with van der Waals surface area (Å²) < 4.78 is 14.5. The highest BCUT2D eigenvalue weighted by Gasteiger charge is 2.49. The van der Waals surface area contributed by atoms with Gasteiger partial charge < -0.3 is 19.7 Å². The van der Waals surface area contributed by atoms with Crippen LogP contribution in [-0.2, 0) is 38.7 Å². The summed E-state index contributed by atoms with van der Waals surface area (Å²) in [6.07, 6.45) is 5.60. The third-order valence-electron chi connectivity index (χ3n) is 16.3. The number of nitrogens with zero attached hydrogens (tertiary/aromatic N) is 2. The molecule has 2 aliphatic heterocycles. The van der Waals surface area contributed by atoms with Crippen molar-refractivity contribution in [1.29, 1.82) is 0 Å². The summed E-state index contributed by atoms with van der Waals surface area (Å²) in [4.78, 5) is 40.6. The minimum atomic E-state index is -1.32.